The van der Waals surface area contributed by atoms with Gasteiger partial charge in [-0.3, -0.25) is 4.90 Å². The summed E-state index contributed by atoms with van der Waals surface area (Å²) < 4.78 is 11.1. The van der Waals surface area contributed by atoms with Crippen molar-refractivity contribution in [3.63, 3.8) is 0 Å². The summed E-state index contributed by atoms with van der Waals surface area (Å²) in [5, 5.41) is 15.8. The third-order valence-electron chi connectivity index (χ3n) is 2.27. The van der Waals surface area contributed by atoms with Crippen LogP contribution in [0, 0.1) is 10.1 Å². The van der Waals surface area contributed by atoms with Crippen LogP contribution in [0.15, 0.2) is 5.10 Å². The Labute approximate surface area is 106 Å². The zero-order valence-electron chi connectivity index (χ0n) is 10.8. The molecule has 1 rings (SSSR count). The molecule has 8 heteroatoms. The van der Waals surface area contributed by atoms with E-state index in [1.165, 1.54) is 0 Å². The summed E-state index contributed by atoms with van der Waals surface area (Å²) in [5.41, 5.74) is 0. The van der Waals surface area contributed by atoms with E-state index >= 15 is 0 Å². The first-order valence-electron chi connectivity index (χ1n) is 6.15. The lowest BCUT2D eigenvalue weighted by molar-refractivity contribution is -0.486. The molecule has 1 saturated heterocycles. The second-order valence-electron chi connectivity index (χ2n) is 3.83. The summed E-state index contributed by atoms with van der Waals surface area (Å²) in [6.45, 7) is 6.22. The van der Waals surface area contributed by atoms with Gasteiger partial charge in [-0.1, -0.05) is 13.8 Å². The van der Waals surface area contributed by atoms with Gasteiger partial charge in [0.15, 0.2) is 5.03 Å². The van der Waals surface area contributed by atoms with Crippen LogP contribution in [-0.2, 0) is 9.47 Å². The molecule has 18 heavy (non-hydrogen) atoms. The van der Waals surface area contributed by atoms with Gasteiger partial charge in [-0.2, -0.15) is 0 Å². The Morgan fingerprint density at radius 1 is 1.44 bits per heavy atom. The van der Waals surface area contributed by atoms with Gasteiger partial charge >= 0.3 is 0 Å². The van der Waals surface area contributed by atoms with Crippen LogP contribution in [0.3, 0.4) is 0 Å². The number of hydrazone groups is 1. The molecule has 0 aliphatic carbocycles. The molecule has 104 valence electrons. The molecular weight excluding hydrogens is 240 g/mol. The Morgan fingerprint density at radius 3 is 2.56 bits per heavy atom. The molecular formula is C10H20N4O4. The summed E-state index contributed by atoms with van der Waals surface area (Å²) in [6, 6.07) is 0. The maximum absolute atomic E-state index is 10.4. The molecule has 1 fully saturated rings. The zero-order chi connectivity index (χ0) is 13.4. The van der Waals surface area contributed by atoms with Crippen LogP contribution >= 0.6 is 0 Å². The highest BCUT2D eigenvalue weighted by molar-refractivity contribution is 5.81. The monoisotopic (exact) mass is 260 g/mol. The summed E-state index contributed by atoms with van der Waals surface area (Å²) in [6.07, 6.45) is 1.10. The molecule has 0 atom stereocenters. The van der Waals surface area contributed by atoms with E-state index in [1.807, 2.05) is 13.8 Å². The highest BCUT2D eigenvalue weighted by Crippen LogP contribution is 2.09. The number of rotatable bonds is 8. The van der Waals surface area contributed by atoms with Crippen molar-refractivity contribution in [3.05, 3.63) is 10.1 Å². The molecule has 0 spiro atoms. The number of ether oxygens (including phenoxy) is 2. The molecule has 0 bridgehead atoms. The van der Waals surface area contributed by atoms with Crippen LogP contribution < -0.4 is 5.32 Å². The van der Waals surface area contributed by atoms with E-state index in [0.29, 0.717) is 26.3 Å². The van der Waals surface area contributed by atoms with Gasteiger partial charge < -0.3 is 14.8 Å². The minimum atomic E-state index is -0.725. The van der Waals surface area contributed by atoms with Gasteiger partial charge in [0.25, 0.3) is 5.96 Å². The summed E-state index contributed by atoms with van der Waals surface area (Å²) in [4.78, 5) is 12.1. The largest absolute Gasteiger partial charge is 0.349 e. The number of nitrogens with one attached hydrogen (secondary N) is 1. The fraction of sp³-hybridized carbons (Fsp3) is 0.900. The first-order chi connectivity index (χ1) is 8.69. The summed E-state index contributed by atoms with van der Waals surface area (Å²) >= 11 is 0. The van der Waals surface area contributed by atoms with Crippen LogP contribution in [0.4, 0.5) is 0 Å². The van der Waals surface area contributed by atoms with Gasteiger partial charge in [0.2, 0.25) is 6.41 Å². The molecule has 1 aliphatic rings. The van der Waals surface area contributed by atoms with E-state index in [0.717, 1.165) is 12.8 Å². The van der Waals surface area contributed by atoms with Crippen molar-refractivity contribution in [2.24, 2.45) is 5.10 Å². The Bertz CT molecular complexity index is 290. The molecule has 0 radical (unpaired) electrons. The van der Waals surface area contributed by atoms with Crippen molar-refractivity contribution < 1.29 is 14.5 Å². The predicted octanol–water partition coefficient (Wildman–Crippen LogP) is 0.576. The first kappa shape index (κ1) is 14.7. The van der Waals surface area contributed by atoms with E-state index < -0.39 is 11.4 Å². The van der Waals surface area contributed by atoms with Crippen LogP contribution in [0.5, 0.6) is 0 Å². The molecule has 0 aromatic rings. The van der Waals surface area contributed by atoms with Crippen LogP contribution in [-0.4, -0.2) is 48.6 Å². The fourth-order valence-corrected chi connectivity index (χ4v) is 1.54. The van der Waals surface area contributed by atoms with Crippen LogP contribution in [0.1, 0.15) is 26.7 Å². The Hall–Kier alpha value is -1.41. The fourth-order valence-electron chi connectivity index (χ4n) is 1.54. The third kappa shape index (κ3) is 4.46. The van der Waals surface area contributed by atoms with Gasteiger partial charge in [0.1, 0.15) is 5.10 Å². The predicted molar refractivity (Wildman–Crippen MR) is 65.4 cm³/mol. The average Bonchev–Trinajstić information content (AvgIpc) is 2.77. The molecule has 1 heterocycles. The lowest BCUT2D eigenvalue weighted by Gasteiger charge is -2.27. The van der Waals surface area contributed by atoms with Crippen LogP contribution in [0.25, 0.3) is 0 Å². The van der Waals surface area contributed by atoms with E-state index in [2.05, 4.69) is 10.4 Å². The lowest BCUT2D eigenvalue weighted by Crippen LogP contribution is -2.43. The van der Waals surface area contributed by atoms with Crippen molar-refractivity contribution in [1.29, 1.82) is 0 Å². The quantitative estimate of drug-likeness (QED) is 0.390. The van der Waals surface area contributed by atoms with E-state index in [9.17, 15) is 10.1 Å². The average molecular weight is 260 g/mol. The minimum absolute atomic E-state index is 0.192. The van der Waals surface area contributed by atoms with E-state index in [4.69, 9.17) is 9.47 Å². The minimum Gasteiger partial charge on any atom is -0.349 e. The second-order valence-corrected chi connectivity index (χ2v) is 3.83. The van der Waals surface area contributed by atoms with Gasteiger partial charge in [-0.15, -0.1) is 0 Å². The zero-order valence-corrected chi connectivity index (χ0v) is 10.8. The van der Waals surface area contributed by atoms with Crippen LogP contribution in [0.2, 0.25) is 0 Å². The molecule has 0 aromatic heterocycles. The van der Waals surface area contributed by atoms with Crippen molar-refractivity contribution in [2.75, 3.05) is 26.3 Å². The standard InChI is InChI=1S/C10H20N4O4/c1-3-7-17-10(18-8-4-2)13-6-5-11-9(13)12-14(15)16/h10H,3-8H2,1-2H3,(H,11,12). The molecule has 1 aliphatic heterocycles. The maximum Gasteiger partial charge on any atom is 0.275 e. The normalized spacial score (nSPS) is 17.5. The molecule has 0 unspecified atom stereocenters. The molecule has 8 nitrogen and oxygen atoms in total. The second kappa shape index (κ2) is 7.83. The maximum atomic E-state index is 10.4. The van der Waals surface area contributed by atoms with Crippen molar-refractivity contribution in [2.45, 2.75) is 33.1 Å². The first-order valence-corrected chi connectivity index (χ1v) is 6.15. The number of hydrogen-bond donors (Lipinski definition) is 1. The Kier molecular flexibility index (Phi) is 6.37. The SMILES string of the molecule is CCCOC(OCCC)N1CCNC1=N[N+](=O)[O-]. The van der Waals surface area contributed by atoms with Crippen molar-refractivity contribution in [1.82, 2.24) is 10.2 Å². The Morgan fingerprint density at radius 2 is 2.06 bits per heavy atom. The van der Waals surface area contributed by atoms with Crippen molar-refractivity contribution in [3.8, 4) is 0 Å². The third-order valence-corrected chi connectivity index (χ3v) is 2.27. The topological polar surface area (TPSA) is 89.2 Å². The number of hydrogen-bond acceptors (Lipinski definition) is 4. The molecule has 0 amide bonds. The molecule has 0 saturated carbocycles. The number of nitro groups is 1. The smallest absolute Gasteiger partial charge is 0.275 e. The number of guanidine groups is 1. The summed E-state index contributed by atoms with van der Waals surface area (Å²) in [5.74, 6) is 0.192. The highest BCUT2D eigenvalue weighted by Gasteiger charge is 2.29. The molecule has 0 aromatic carbocycles. The Balaban J connectivity index is 2.66. The highest BCUT2D eigenvalue weighted by atomic mass is 16.7. The van der Waals surface area contributed by atoms with Gasteiger partial charge in [-0.25, -0.2) is 10.1 Å². The molecule has 1 N–H and O–H groups in total. The van der Waals surface area contributed by atoms with Gasteiger partial charge in [0, 0.05) is 13.1 Å². The van der Waals surface area contributed by atoms with E-state index in [-0.39, 0.29) is 5.96 Å². The van der Waals surface area contributed by atoms with Gasteiger partial charge in [0.05, 0.1) is 13.2 Å². The summed E-state index contributed by atoms with van der Waals surface area (Å²) in [7, 11) is 0. The number of nitrogens with zero attached hydrogens (tertiary/aromatic N) is 3. The van der Waals surface area contributed by atoms with Gasteiger partial charge in [-0.05, 0) is 12.8 Å². The van der Waals surface area contributed by atoms with E-state index in [1.54, 1.807) is 4.90 Å². The lowest BCUT2D eigenvalue weighted by atomic mass is 10.5. The van der Waals surface area contributed by atoms with Crippen molar-refractivity contribution >= 4 is 5.96 Å².